The van der Waals surface area contributed by atoms with E-state index >= 15 is 0 Å². The first-order chi connectivity index (χ1) is 9.79. The van der Waals surface area contributed by atoms with E-state index in [0.717, 1.165) is 29.4 Å². The summed E-state index contributed by atoms with van der Waals surface area (Å²) >= 11 is 0. The summed E-state index contributed by atoms with van der Waals surface area (Å²) in [6.45, 7) is 5.22. The minimum Gasteiger partial charge on any atom is -0.370 e. The van der Waals surface area contributed by atoms with Crippen LogP contribution in [0.4, 0.5) is 5.82 Å². The Morgan fingerprint density at radius 3 is 2.55 bits per heavy atom. The Bertz CT molecular complexity index is 523. The lowest BCUT2D eigenvalue weighted by Gasteiger charge is -2.08. The third kappa shape index (κ3) is 4.34. The molecule has 0 spiro atoms. The van der Waals surface area contributed by atoms with Crippen LogP contribution in [-0.4, -0.2) is 16.5 Å². The molecule has 2 rings (SSSR count). The van der Waals surface area contributed by atoms with Crippen LogP contribution in [0.5, 0.6) is 0 Å². The van der Waals surface area contributed by atoms with Gasteiger partial charge in [0, 0.05) is 23.9 Å². The van der Waals surface area contributed by atoms with Gasteiger partial charge in [-0.1, -0.05) is 56.5 Å². The number of unbranched alkanes of at least 4 members (excludes halogenated alkanes) is 3. The van der Waals surface area contributed by atoms with Crippen molar-refractivity contribution in [1.82, 2.24) is 9.97 Å². The summed E-state index contributed by atoms with van der Waals surface area (Å²) in [6, 6.07) is 12.1. The molecule has 1 aromatic heterocycles. The Hall–Kier alpha value is -1.90. The van der Waals surface area contributed by atoms with Crippen LogP contribution >= 0.6 is 0 Å². The highest BCUT2D eigenvalue weighted by Crippen LogP contribution is 2.17. The molecule has 1 aromatic carbocycles. The molecule has 0 fully saturated rings. The normalized spacial score (nSPS) is 10.5. The van der Waals surface area contributed by atoms with E-state index in [0.29, 0.717) is 0 Å². The number of nitrogens with one attached hydrogen (secondary N) is 1. The van der Waals surface area contributed by atoms with Crippen LogP contribution in [0.25, 0.3) is 11.4 Å². The molecule has 0 saturated heterocycles. The van der Waals surface area contributed by atoms with Crippen molar-refractivity contribution in [3.63, 3.8) is 0 Å². The van der Waals surface area contributed by atoms with Gasteiger partial charge in [0.25, 0.3) is 0 Å². The zero-order valence-electron chi connectivity index (χ0n) is 12.4. The van der Waals surface area contributed by atoms with Gasteiger partial charge < -0.3 is 5.32 Å². The summed E-state index contributed by atoms with van der Waals surface area (Å²) in [7, 11) is 0. The zero-order valence-corrected chi connectivity index (χ0v) is 12.4. The first-order valence-electron chi connectivity index (χ1n) is 7.44. The molecule has 0 aliphatic rings. The maximum Gasteiger partial charge on any atom is 0.161 e. The van der Waals surface area contributed by atoms with Crippen molar-refractivity contribution >= 4 is 5.82 Å². The van der Waals surface area contributed by atoms with Gasteiger partial charge in [0.05, 0.1) is 0 Å². The van der Waals surface area contributed by atoms with E-state index in [1.807, 2.05) is 43.3 Å². The van der Waals surface area contributed by atoms with E-state index in [4.69, 9.17) is 0 Å². The molecule has 106 valence electrons. The van der Waals surface area contributed by atoms with Crippen molar-refractivity contribution in [1.29, 1.82) is 0 Å². The molecule has 1 heterocycles. The van der Waals surface area contributed by atoms with Gasteiger partial charge in [-0.25, -0.2) is 9.97 Å². The first-order valence-corrected chi connectivity index (χ1v) is 7.44. The van der Waals surface area contributed by atoms with Crippen LogP contribution in [0.3, 0.4) is 0 Å². The summed E-state index contributed by atoms with van der Waals surface area (Å²) in [4.78, 5) is 9.11. The van der Waals surface area contributed by atoms with Gasteiger partial charge >= 0.3 is 0 Å². The van der Waals surface area contributed by atoms with E-state index in [1.54, 1.807) is 0 Å². The van der Waals surface area contributed by atoms with Crippen molar-refractivity contribution < 1.29 is 0 Å². The Balaban J connectivity index is 2.02. The number of rotatable bonds is 7. The molecule has 0 amide bonds. The molecular weight excluding hydrogens is 246 g/mol. The monoisotopic (exact) mass is 269 g/mol. The highest BCUT2D eigenvalue weighted by Gasteiger charge is 2.04. The molecule has 3 nitrogen and oxygen atoms in total. The van der Waals surface area contributed by atoms with E-state index in [2.05, 4.69) is 22.2 Å². The third-order valence-corrected chi connectivity index (χ3v) is 3.22. The van der Waals surface area contributed by atoms with Crippen molar-refractivity contribution in [3.8, 4) is 11.4 Å². The molecular formula is C17H23N3. The average Bonchev–Trinajstić information content (AvgIpc) is 2.47. The number of hydrogen-bond donors (Lipinski definition) is 1. The molecule has 0 saturated carbocycles. The van der Waals surface area contributed by atoms with E-state index in [1.165, 1.54) is 25.7 Å². The largest absolute Gasteiger partial charge is 0.370 e. The first kappa shape index (κ1) is 14.5. The number of hydrogen-bond acceptors (Lipinski definition) is 3. The topological polar surface area (TPSA) is 37.8 Å². The highest BCUT2D eigenvalue weighted by molar-refractivity contribution is 5.57. The second-order valence-corrected chi connectivity index (χ2v) is 5.07. The lowest BCUT2D eigenvalue weighted by molar-refractivity contribution is 0.684. The standard InChI is InChI=1S/C17H23N3/c1-3-4-5-9-12-18-16-13-14(2)19-17(20-16)15-10-7-6-8-11-15/h6-8,10-11,13H,3-5,9,12H2,1-2H3,(H,18,19,20). The van der Waals surface area contributed by atoms with E-state index in [9.17, 15) is 0 Å². The molecule has 0 radical (unpaired) electrons. The fourth-order valence-corrected chi connectivity index (χ4v) is 2.14. The Kier molecular flexibility index (Phi) is 5.54. The number of aryl methyl sites for hydroxylation is 1. The van der Waals surface area contributed by atoms with Gasteiger partial charge in [-0.05, 0) is 13.3 Å². The zero-order chi connectivity index (χ0) is 14.2. The Labute approximate surface area is 121 Å². The molecule has 0 atom stereocenters. The van der Waals surface area contributed by atoms with Crippen molar-refractivity contribution in [2.24, 2.45) is 0 Å². The number of anilines is 1. The average molecular weight is 269 g/mol. The maximum absolute atomic E-state index is 4.60. The molecule has 0 aliphatic carbocycles. The predicted octanol–water partition coefficient (Wildman–Crippen LogP) is 4.44. The van der Waals surface area contributed by atoms with Crippen LogP contribution in [0.1, 0.15) is 38.3 Å². The fourth-order valence-electron chi connectivity index (χ4n) is 2.14. The summed E-state index contributed by atoms with van der Waals surface area (Å²) in [5, 5.41) is 3.40. The van der Waals surface area contributed by atoms with Crippen molar-refractivity contribution in [2.45, 2.75) is 39.5 Å². The molecule has 0 unspecified atom stereocenters. The fraction of sp³-hybridized carbons (Fsp3) is 0.412. The lowest BCUT2D eigenvalue weighted by atomic mass is 10.2. The van der Waals surface area contributed by atoms with Crippen molar-refractivity contribution in [3.05, 3.63) is 42.1 Å². The smallest absolute Gasteiger partial charge is 0.161 e. The molecule has 20 heavy (non-hydrogen) atoms. The van der Waals surface area contributed by atoms with Gasteiger partial charge in [-0.3, -0.25) is 0 Å². The predicted molar refractivity (Wildman–Crippen MR) is 84.8 cm³/mol. The number of nitrogens with zero attached hydrogens (tertiary/aromatic N) is 2. The summed E-state index contributed by atoms with van der Waals surface area (Å²) < 4.78 is 0. The SMILES string of the molecule is CCCCCCNc1cc(C)nc(-c2ccccc2)n1. The van der Waals surface area contributed by atoms with Crippen LogP contribution < -0.4 is 5.32 Å². The van der Waals surface area contributed by atoms with Gasteiger partial charge in [-0.2, -0.15) is 0 Å². The van der Waals surface area contributed by atoms with Gasteiger partial charge in [0.15, 0.2) is 5.82 Å². The number of benzene rings is 1. The molecule has 0 bridgehead atoms. The van der Waals surface area contributed by atoms with Gasteiger partial charge in [-0.15, -0.1) is 0 Å². The highest BCUT2D eigenvalue weighted by atomic mass is 15.0. The van der Waals surface area contributed by atoms with Gasteiger partial charge in [0.1, 0.15) is 5.82 Å². The van der Waals surface area contributed by atoms with Crippen LogP contribution in [0.2, 0.25) is 0 Å². The molecule has 3 heteroatoms. The minimum absolute atomic E-state index is 0.793. The maximum atomic E-state index is 4.60. The number of aromatic nitrogens is 2. The van der Waals surface area contributed by atoms with Gasteiger partial charge in [0.2, 0.25) is 0 Å². The quantitative estimate of drug-likeness (QED) is 0.755. The lowest BCUT2D eigenvalue weighted by Crippen LogP contribution is -2.05. The third-order valence-electron chi connectivity index (χ3n) is 3.22. The summed E-state index contributed by atoms with van der Waals surface area (Å²) in [5.74, 6) is 1.72. The second kappa shape index (κ2) is 7.63. The Morgan fingerprint density at radius 2 is 1.80 bits per heavy atom. The van der Waals surface area contributed by atoms with Crippen LogP contribution in [-0.2, 0) is 0 Å². The van der Waals surface area contributed by atoms with E-state index < -0.39 is 0 Å². The molecule has 1 N–H and O–H groups in total. The van der Waals surface area contributed by atoms with Crippen molar-refractivity contribution in [2.75, 3.05) is 11.9 Å². The molecule has 0 aliphatic heterocycles. The van der Waals surface area contributed by atoms with Crippen LogP contribution in [0, 0.1) is 6.92 Å². The summed E-state index contributed by atoms with van der Waals surface area (Å²) in [5.41, 5.74) is 2.06. The molecule has 2 aromatic rings. The Morgan fingerprint density at radius 1 is 1.00 bits per heavy atom. The minimum atomic E-state index is 0.793. The van der Waals surface area contributed by atoms with E-state index in [-0.39, 0.29) is 0 Å². The second-order valence-electron chi connectivity index (χ2n) is 5.07. The van der Waals surface area contributed by atoms with Crippen LogP contribution in [0.15, 0.2) is 36.4 Å². The summed E-state index contributed by atoms with van der Waals surface area (Å²) in [6.07, 6.45) is 5.04.